The van der Waals surface area contributed by atoms with Crippen LogP contribution in [-0.2, 0) is 162 Å². The first-order valence-electron chi connectivity index (χ1n) is 41.7. The largest absolute Gasteiger partial charge is 0.676 e. The summed E-state index contributed by atoms with van der Waals surface area (Å²) in [5, 5.41) is 19.5. The minimum atomic E-state index is -3.17. The Morgan fingerprint density at radius 1 is 0.319 bits per heavy atom. The lowest BCUT2D eigenvalue weighted by Crippen LogP contribution is -2.42. The second-order valence-electron chi connectivity index (χ2n) is 27.4. The number of carbonyl (C=O) groups excluding carboxylic acids is 6. The quantitative estimate of drug-likeness (QED) is 0.0138. The fourth-order valence-electron chi connectivity index (χ4n) is 9.86. The zero-order chi connectivity index (χ0) is 106. The molecule has 55 heteroatoms. The fraction of sp³-hybridized carbons (Fsp3) is 0.725. The van der Waals surface area contributed by atoms with Gasteiger partial charge in [-0.2, -0.15) is 23.5 Å². The summed E-state index contributed by atoms with van der Waals surface area (Å²) in [5.41, 5.74) is -1.23. The third-order valence-electron chi connectivity index (χ3n) is 18.0. The van der Waals surface area contributed by atoms with Crippen molar-refractivity contribution in [1.29, 1.82) is 0 Å². The first-order valence-corrected chi connectivity index (χ1v) is 60.8. The van der Waals surface area contributed by atoms with Crippen molar-refractivity contribution in [3.8, 4) is 11.5 Å². The van der Waals surface area contributed by atoms with Gasteiger partial charge < -0.3 is 150 Å². The van der Waals surface area contributed by atoms with Crippen molar-refractivity contribution in [2.45, 2.75) is 154 Å². The van der Waals surface area contributed by atoms with Crippen molar-refractivity contribution >= 4 is 148 Å². The van der Waals surface area contributed by atoms with Crippen LogP contribution >= 0.6 is 23.5 Å². The Hall–Kier alpha value is -4.27. The van der Waals surface area contributed by atoms with E-state index in [9.17, 15) is 39.0 Å². The van der Waals surface area contributed by atoms with Crippen molar-refractivity contribution in [2.75, 3.05) is 233 Å². The van der Waals surface area contributed by atoms with Crippen LogP contribution in [0.4, 0.5) is 0 Å². The first kappa shape index (κ1) is 146. The molecule has 0 aliphatic heterocycles. The van der Waals surface area contributed by atoms with Gasteiger partial charge in [-0.15, -0.1) is 0 Å². The summed E-state index contributed by atoms with van der Waals surface area (Å²) in [7, 11) is 14.8. The molecule has 0 fully saturated rings. The van der Waals surface area contributed by atoms with Crippen molar-refractivity contribution in [2.24, 2.45) is 0 Å². The third-order valence-corrected chi connectivity index (χ3v) is 41.3. The minimum absolute atomic E-state index is 0.150. The van der Waals surface area contributed by atoms with Gasteiger partial charge in [-0.1, -0.05) is 33.9 Å². The Labute approximate surface area is 822 Å². The smallest absolute Gasteiger partial charge is 0.490 e. The van der Waals surface area contributed by atoms with Gasteiger partial charge in [0.05, 0.1) is 26.1 Å². The molecule has 0 aromatic heterocycles. The monoisotopic (exact) mass is 2150 g/mol. The SMILES string of the molecule is C=C(C)C(=O)OCCC[Si](OC)(OC)OC.C=C(C)C(=O)OCCC[Si](OC)(OC)OC.CC[Si](OC)(OC)OC.CC[Si](OC)(OC)OC.CC[Si](OC)(OC)OC.CO[Si](CCCSCCC(=O)OCCOc1ccc(C(=O)C(C)(C)O)cc1)(OC)OC.CO[Si](CCCSCCC(=O)OCCOc1ccc(C(=O)C(C)(C)O)cc1)(OC)OC.CO[Si](O)(OC)OC.O=[Si]=O.O=[Si]=O. The molecule has 135 heavy (non-hydrogen) atoms. The van der Waals surface area contributed by atoms with Crippen LogP contribution in [0.5, 0.6) is 11.5 Å². The van der Waals surface area contributed by atoms with Crippen LogP contribution in [0, 0.1) is 0 Å². The molecule has 0 saturated heterocycles. The molecule has 790 valence electrons. The van der Waals surface area contributed by atoms with E-state index in [1.807, 2.05) is 20.8 Å². The van der Waals surface area contributed by atoms with Crippen molar-refractivity contribution in [3.05, 3.63) is 84.0 Å². The number of Topliss-reactive ketones (excluding diaryl/α,β-unsaturated/α-hetero) is 2. The highest BCUT2D eigenvalue weighted by molar-refractivity contribution is 7.99. The van der Waals surface area contributed by atoms with Gasteiger partial charge in [-0.3, -0.25) is 37.0 Å². The second-order valence-corrected chi connectivity index (χ2v) is 54.7. The highest BCUT2D eigenvalue weighted by Crippen LogP contribution is 2.24. The molecular weight excluding hydrogens is 1990 g/mol. The van der Waals surface area contributed by atoms with E-state index < -0.39 is 100 Å². The Morgan fingerprint density at radius 3 is 0.689 bits per heavy atom. The molecule has 0 atom stereocenters. The molecule has 3 N–H and O–H groups in total. The number of esters is 4. The Bertz CT molecular complexity index is 3070. The molecular formula is C80H160O43S2Si10. The maximum atomic E-state index is 12.0. The van der Waals surface area contributed by atoms with Gasteiger partial charge in [-0.25, -0.2) is 9.59 Å². The van der Waals surface area contributed by atoms with Crippen LogP contribution < -0.4 is 9.47 Å². The number of rotatable bonds is 63. The summed E-state index contributed by atoms with van der Waals surface area (Å²) < 4.78 is 188. The molecule has 0 radical (unpaired) electrons. The van der Waals surface area contributed by atoms with Gasteiger partial charge in [0.25, 0.3) is 0 Å². The molecule has 0 bridgehead atoms. The van der Waals surface area contributed by atoms with E-state index in [-0.39, 0.29) is 61.9 Å². The van der Waals surface area contributed by atoms with Crippen LogP contribution in [0.2, 0.25) is 42.3 Å². The van der Waals surface area contributed by atoms with E-state index in [1.54, 1.807) is 235 Å². The Morgan fingerprint density at radius 2 is 0.526 bits per heavy atom. The van der Waals surface area contributed by atoms with Crippen LogP contribution in [0.25, 0.3) is 0 Å². The average Bonchev–Trinajstić information content (AvgIpc) is 0.853. The number of carbonyl (C=O) groups is 6. The average molecular weight is 2160 g/mol. The highest BCUT2D eigenvalue weighted by atomic mass is 32.2. The van der Waals surface area contributed by atoms with E-state index in [1.165, 1.54) is 49.0 Å². The molecule has 0 heterocycles. The lowest BCUT2D eigenvalue weighted by molar-refractivity contribution is -0.144. The molecule has 0 aliphatic rings. The predicted octanol–water partition coefficient (Wildman–Crippen LogP) is 9.43. The number of benzene rings is 2. The summed E-state index contributed by atoms with van der Waals surface area (Å²) in [6.07, 6.45) is 3.71. The molecule has 2 rings (SSSR count). The topological polar surface area (TPSA) is 508 Å². The summed E-state index contributed by atoms with van der Waals surface area (Å²) in [6, 6.07) is 18.1. The number of thioether (sulfide) groups is 2. The maximum Gasteiger partial charge on any atom is 0.676 e. The number of ketones is 2. The van der Waals surface area contributed by atoms with Crippen LogP contribution in [0.3, 0.4) is 0 Å². The Balaban J connectivity index is -0.000000238. The van der Waals surface area contributed by atoms with Crippen molar-refractivity contribution < 1.29 is 196 Å². The summed E-state index contributed by atoms with van der Waals surface area (Å²) >= 11 is 3.35. The third kappa shape index (κ3) is 69.3. The number of hydrogen-bond acceptors (Lipinski definition) is 45. The first-order chi connectivity index (χ1) is 63.6. The number of aliphatic hydroxyl groups is 2. The van der Waals surface area contributed by atoms with Gasteiger partial charge in [0.15, 0.2) is 11.6 Å². The van der Waals surface area contributed by atoms with Crippen LogP contribution in [0.1, 0.15) is 122 Å². The van der Waals surface area contributed by atoms with E-state index in [0.717, 1.165) is 54.6 Å². The molecule has 0 spiro atoms. The summed E-state index contributed by atoms with van der Waals surface area (Å²) in [5.74, 6) is 2.23. The van der Waals surface area contributed by atoms with E-state index in [0.29, 0.717) is 96.3 Å². The number of ether oxygens (including phenoxy) is 6. The zero-order valence-corrected chi connectivity index (χ0v) is 97.4. The molecule has 0 unspecified atom stereocenters. The number of hydrogen-bond donors (Lipinski definition) is 3. The maximum absolute atomic E-state index is 12.0. The van der Waals surface area contributed by atoms with E-state index in [4.69, 9.17) is 144 Å². The minimum Gasteiger partial charge on any atom is -0.490 e. The van der Waals surface area contributed by atoms with Crippen LogP contribution in [-0.4, -0.2) is 384 Å². The van der Waals surface area contributed by atoms with Crippen molar-refractivity contribution in [1.82, 2.24) is 0 Å². The molecule has 0 amide bonds. The second kappa shape index (κ2) is 87.5. The normalized spacial score (nSPS) is 11.4. The molecule has 43 nitrogen and oxygen atoms in total. The molecule has 2 aromatic rings. The van der Waals surface area contributed by atoms with Gasteiger partial charge >= 0.3 is 113 Å². The zero-order valence-electron chi connectivity index (χ0n) is 85.8. The predicted molar refractivity (Wildman–Crippen MR) is 522 cm³/mol. The van der Waals surface area contributed by atoms with Crippen LogP contribution in [0.15, 0.2) is 72.8 Å². The molecule has 0 saturated carbocycles. The summed E-state index contributed by atoms with van der Waals surface area (Å²) in [6.45, 7) is 23.3. The van der Waals surface area contributed by atoms with Gasteiger partial charge in [0.2, 0.25) is 0 Å². The molecule has 2 aromatic carbocycles. The lowest BCUT2D eigenvalue weighted by Gasteiger charge is -2.24. The van der Waals surface area contributed by atoms with E-state index >= 15 is 0 Å². The van der Waals surface area contributed by atoms with Crippen molar-refractivity contribution in [3.63, 3.8) is 0 Å². The van der Waals surface area contributed by atoms with E-state index in [2.05, 4.69) is 26.4 Å². The molecule has 0 aliphatic carbocycles. The van der Waals surface area contributed by atoms with Gasteiger partial charge in [-0.05, 0) is 127 Å². The lowest BCUT2D eigenvalue weighted by atomic mass is 9.97. The van der Waals surface area contributed by atoms with Gasteiger partial charge in [0, 0.05) is 247 Å². The van der Waals surface area contributed by atoms with Gasteiger partial charge in [0.1, 0.15) is 49.1 Å². The Kier molecular flexibility index (Phi) is 94.7. The fourth-order valence-corrected chi connectivity index (χ4v) is 23.5. The highest BCUT2D eigenvalue weighted by Gasteiger charge is 2.42. The standard InChI is InChI=1S/2C21H34O8SSi.2C10H20O5Si.3C5H14O3Si.C3H10O4Si.2O2Si/c2*1-21(2,24)20(23)17-7-9-18(10-8-17)28-12-13-29-19(22)11-15-30-14-6-16-31(25-3,26-4)27-5;2*1-9(2)10(11)15-7-6-8-16(12-3,13-4)14-5;3*1-5-9(6-2,7-3)8-4;1-5-8(4,6-2)7-3;2*1-3-2/h2*7-10,24H,6,11-16H2,1-5H3;2*1,6-8H2,2-5H3;3*5H2,1-4H3;4H,1-3H3;;. The summed E-state index contributed by atoms with van der Waals surface area (Å²) in [4.78, 5) is 78.6.